The van der Waals surface area contributed by atoms with E-state index >= 15 is 0 Å². The molecule has 0 spiro atoms. The molecule has 0 aromatic carbocycles. The number of hydrogen-bond donors (Lipinski definition) is 0. The zero-order valence-electron chi connectivity index (χ0n) is 16.4. The molecular formula is C18H22Cl3NO7. The maximum absolute atomic E-state index is 12.1. The van der Waals surface area contributed by atoms with Gasteiger partial charge in [0.15, 0.2) is 23.3 Å². The third-order valence-corrected chi connectivity index (χ3v) is 5.15. The molecule has 0 unspecified atom stereocenters. The summed E-state index contributed by atoms with van der Waals surface area (Å²) >= 11 is 17.6. The number of aromatic nitrogens is 1. The van der Waals surface area contributed by atoms with E-state index in [-0.39, 0.29) is 33.8 Å². The molecule has 0 aliphatic carbocycles. The van der Waals surface area contributed by atoms with Gasteiger partial charge in [0.1, 0.15) is 29.9 Å². The largest absolute Gasteiger partial charge is 0.465 e. The van der Waals surface area contributed by atoms with Crippen molar-refractivity contribution in [3.8, 4) is 5.88 Å². The molecule has 3 atom stereocenters. The molecule has 3 rings (SSSR count). The second-order valence-electron chi connectivity index (χ2n) is 7.53. The van der Waals surface area contributed by atoms with Gasteiger partial charge in [-0.3, -0.25) is 0 Å². The van der Waals surface area contributed by atoms with E-state index in [9.17, 15) is 4.79 Å². The SMILES string of the molecule is CC1(C)OC[C@H]([C@H]2OC(C)(C)O[C@@H]2COC(=O)COc2nc(Cl)c(Cl)cc2Cl)O1. The summed E-state index contributed by atoms with van der Waals surface area (Å²) in [5.41, 5.74) is 0. The maximum atomic E-state index is 12.1. The normalized spacial score (nSPS) is 27.8. The van der Waals surface area contributed by atoms with Crippen molar-refractivity contribution in [2.45, 2.75) is 57.6 Å². The first-order chi connectivity index (χ1) is 13.5. The Bertz CT molecular complexity index is 774. The molecule has 0 radical (unpaired) electrons. The molecule has 1 aromatic rings. The third kappa shape index (κ3) is 5.85. The van der Waals surface area contributed by atoms with Gasteiger partial charge in [-0.2, -0.15) is 4.98 Å². The molecular weight excluding hydrogens is 449 g/mol. The van der Waals surface area contributed by atoms with Crippen LogP contribution in [0.15, 0.2) is 6.07 Å². The summed E-state index contributed by atoms with van der Waals surface area (Å²) in [5, 5.41) is 0.324. The van der Waals surface area contributed by atoms with Crippen molar-refractivity contribution >= 4 is 40.8 Å². The van der Waals surface area contributed by atoms with Crippen molar-refractivity contribution in [1.82, 2.24) is 4.98 Å². The summed E-state index contributed by atoms with van der Waals surface area (Å²) in [6, 6.07) is 1.38. The van der Waals surface area contributed by atoms with Gasteiger partial charge in [-0.1, -0.05) is 34.8 Å². The Balaban J connectivity index is 1.54. The number of hydrogen-bond acceptors (Lipinski definition) is 8. The monoisotopic (exact) mass is 469 g/mol. The predicted octanol–water partition coefficient (Wildman–Crippen LogP) is 3.64. The van der Waals surface area contributed by atoms with Crippen LogP contribution >= 0.6 is 34.8 Å². The first-order valence-corrected chi connectivity index (χ1v) is 10.1. The number of pyridine rings is 1. The van der Waals surface area contributed by atoms with Gasteiger partial charge < -0.3 is 28.4 Å². The van der Waals surface area contributed by atoms with Gasteiger partial charge >= 0.3 is 5.97 Å². The van der Waals surface area contributed by atoms with Crippen molar-refractivity contribution in [2.24, 2.45) is 0 Å². The Morgan fingerprint density at radius 1 is 1.14 bits per heavy atom. The number of ether oxygens (including phenoxy) is 6. The molecule has 1 aromatic heterocycles. The highest BCUT2D eigenvalue weighted by Gasteiger charge is 2.50. The molecule has 0 saturated carbocycles. The lowest BCUT2D eigenvalue weighted by molar-refractivity contribution is -0.175. The van der Waals surface area contributed by atoms with Crippen molar-refractivity contribution in [3.63, 3.8) is 0 Å². The van der Waals surface area contributed by atoms with Crippen LogP contribution in [0.3, 0.4) is 0 Å². The molecule has 29 heavy (non-hydrogen) atoms. The van der Waals surface area contributed by atoms with Crippen LogP contribution in [0, 0.1) is 0 Å². The van der Waals surface area contributed by atoms with E-state index in [0.717, 1.165) is 0 Å². The number of halogens is 3. The van der Waals surface area contributed by atoms with Crippen LogP contribution in [0.1, 0.15) is 27.7 Å². The van der Waals surface area contributed by atoms with Gasteiger partial charge in [-0.25, -0.2) is 4.79 Å². The zero-order valence-corrected chi connectivity index (χ0v) is 18.6. The van der Waals surface area contributed by atoms with Crippen molar-refractivity contribution < 1.29 is 33.2 Å². The standard InChI is InChI=1S/C18H22Cl3NO7/c1-17(2)26-7-12(27-17)14-11(28-18(3,4)29-14)6-24-13(23)8-25-16-10(20)5-9(19)15(21)22-16/h5,11-12,14H,6-8H2,1-4H3/t11-,12-,14+/m1/s1. The number of carbonyl (C=O) groups excluding carboxylic acids is 1. The van der Waals surface area contributed by atoms with Crippen LogP contribution in [0.4, 0.5) is 0 Å². The Hall–Kier alpha value is -0.870. The summed E-state index contributed by atoms with van der Waals surface area (Å²) < 4.78 is 33.8. The third-order valence-electron chi connectivity index (χ3n) is 4.21. The molecule has 0 bridgehead atoms. The van der Waals surface area contributed by atoms with Gasteiger partial charge in [-0.15, -0.1) is 0 Å². The Morgan fingerprint density at radius 3 is 2.52 bits per heavy atom. The fourth-order valence-corrected chi connectivity index (χ4v) is 3.60. The lowest BCUT2D eigenvalue weighted by atomic mass is 10.1. The Morgan fingerprint density at radius 2 is 1.86 bits per heavy atom. The van der Waals surface area contributed by atoms with Gasteiger partial charge in [0.25, 0.3) is 0 Å². The van der Waals surface area contributed by atoms with E-state index in [1.807, 2.05) is 13.8 Å². The van der Waals surface area contributed by atoms with E-state index in [1.54, 1.807) is 13.8 Å². The van der Waals surface area contributed by atoms with Crippen molar-refractivity contribution in [2.75, 3.05) is 19.8 Å². The molecule has 162 valence electrons. The van der Waals surface area contributed by atoms with Crippen LogP contribution < -0.4 is 4.74 Å². The average molecular weight is 471 g/mol. The smallest absolute Gasteiger partial charge is 0.344 e. The second-order valence-corrected chi connectivity index (χ2v) is 8.70. The first kappa shape index (κ1) is 22.8. The number of nitrogens with zero attached hydrogens (tertiary/aromatic N) is 1. The summed E-state index contributed by atoms with van der Waals surface area (Å²) in [4.78, 5) is 16.0. The lowest BCUT2D eigenvalue weighted by Gasteiger charge is -2.23. The van der Waals surface area contributed by atoms with E-state index in [4.69, 9.17) is 63.2 Å². The zero-order chi connectivity index (χ0) is 21.4. The minimum absolute atomic E-state index is 0.0164. The number of carbonyl (C=O) groups is 1. The van der Waals surface area contributed by atoms with Gasteiger partial charge in [-0.05, 0) is 33.8 Å². The maximum Gasteiger partial charge on any atom is 0.344 e. The lowest BCUT2D eigenvalue weighted by Crippen LogP contribution is -2.40. The molecule has 2 aliphatic rings. The van der Waals surface area contributed by atoms with Gasteiger partial charge in [0, 0.05) is 0 Å². The molecule has 3 heterocycles. The Kier molecular flexibility index (Phi) is 6.85. The summed E-state index contributed by atoms with van der Waals surface area (Å²) in [5.74, 6) is -2.20. The highest BCUT2D eigenvalue weighted by atomic mass is 35.5. The molecule has 2 fully saturated rings. The van der Waals surface area contributed by atoms with Crippen molar-refractivity contribution in [1.29, 1.82) is 0 Å². The first-order valence-electron chi connectivity index (χ1n) is 8.93. The number of esters is 1. The van der Waals surface area contributed by atoms with Crippen molar-refractivity contribution in [3.05, 3.63) is 21.3 Å². The average Bonchev–Trinajstić information content (AvgIpc) is 3.13. The van der Waals surface area contributed by atoms with Crippen LogP contribution in [0.5, 0.6) is 5.88 Å². The van der Waals surface area contributed by atoms with E-state index in [1.165, 1.54) is 6.07 Å². The van der Waals surface area contributed by atoms with Crippen LogP contribution in [-0.4, -0.2) is 60.7 Å². The fourth-order valence-electron chi connectivity index (χ4n) is 3.06. The fraction of sp³-hybridized carbons (Fsp3) is 0.667. The molecule has 0 amide bonds. The summed E-state index contributed by atoms with van der Waals surface area (Å²) in [7, 11) is 0. The summed E-state index contributed by atoms with van der Waals surface area (Å²) in [6.45, 7) is 7.10. The quantitative estimate of drug-likeness (QED) is 0.460. The second kappa shape index (κ2) is 8.70. The van der Waals surface area contributed by atoms with Crippen LogP contribution in [0.2, 0.25) is 15.2 Å². The van der Waals surface area contributed by atoms with Gasteiger partial charge in [0.05, 0.1) is 11.6 Å². The van der Waals surface area contributed by atoms with E-state index < -0.39 is 36.4 Å². The van der Waals surface area contributed by atoms with Crippen LogP contribution in [-0.2, 0) is 28.5 Å². The molecule has 2 saturated heterocycles. The minimum atomic E-state index is -0.841. The van der Waals surface area contributed by atoms with Crippen LogP contribution in [0.25, 0.3) is 0 Å². The molecule has 0 N–H and O–H groups in total. The Labute approximate surface area is 183 Å². The van der Waals surface area contributed by atoms with E-state index in [0.29, 0.717) is 6.61 Å². The number of rotatable bonds is 6. The predicted molar refractivity (Wildman–Crippen MR) is 104 cm³/mol. The molecule has 8 nitrogen and oxygen atoms in total. The highest BCUT2D eigenvalue weighted by molar-refractivity contribution is 6.42. The van der Waals surface area contributed by atoms with Gasteiger partial charge in [0.2, 0.25) is 5.88 Å². The molecule has 11 heteroatoms. The highest BCUT2D eigenvalue weighted by Crippen LogP contribution is 2.35. The van der Waals surface area contributed by atoms with E-state index in [2.05, 4.69) is 4.98 Å². The topological polar surface area (TPSA) is 85.3 Å². The summed E-state index contributed by atoms with van der Waals surface area (Å²) in [6.07, 6.45) is -1.32. The minimum Gasteiger partial charge on any atom is -0.465 e. The molecule has 2 aliphatic heterocycles.